The van der Waals surface area contributed by atoms with Crippen molar-refractivity contribution in [3.8, 4) is 0 Å². The zero-order valence-corrected chi connectivity index (χ0v) is 15.2. The predicted octanol–water partition coefficient (Wildman–Crippen LogP) is 4.80. The number of nitrogens with one attached hydrogen (secondary N) is 2. The van der Waals surface area contributed by atoms with E-state index in [1.54, 1.807) is 30.3 Å². The van der Waals surface area contributed by atoms with Crippen LogP contribution in [0.3, 0.4) is 0 Å². The molecule has 8 heteroatoms. The van der Waals surface area contributed by atoms with E-state index >= 15 is 0 Å². The Bertz CT molecular complexity index is 760. The van der Waals surface area contributed by atoms with Crippen LogP contribution in [0.15, 0.2) is 53.4 Å². The Kier molecular flexibility index (Phi) is 7.87. The number of benzene rings is 2. The van der Waals surface area contributed by atoms with Gasteiger partial charge < -0.3 is 10.6 Å². The Morgan fingerprint density at radius 1 is 1.08 bits per heavy atom. The van der Waals surface area contributed by atoms with Gasteiger partial charge in [-0.2, -0.15) is 8.78 Å². The molecule has 0 radical (unpaired) electrons. The van der Waals surface area contributed by atoms with Crippen LogP contribution in [0.5, 0.6) is 0 Å². The van der Waals surface area contributed by atoms with Crippen molar-refractivity contribution >= 4 is 40.9 Å². The summed E-state index contributed by atoms with van der Waals surface area (Å²) in [5.74, 6) is -3.19. The van der Waals surface area contributed by atoms with Gasteiger partial charge in [0.2, 0.25) is 5.91 Å². The lowest BCUT2D eigenvalue weighted by molar-refractivity contribution is -0.116. The zero-order valence-electron chi connectivity index (χ0n) is 13.7. The summed E-state index contributed by atoms with van der Waals surface area (Å²) in [4.78, 5) is 24.0. The number of hydrogen-bond acceptors (Lipinski definition) is 3. The predicted molar refractivity (Wildman–Crippen MR) is 100.0 cm³/mol. The second-order valence-electron chi connectivity index (χ2n) is 5.27. The maximum absolute atomic E-state index is 12.6. The van der Waals surface area contributed by atoms with Crippen LogP contribution in [0.1, 0.15) is 23.2 Å². The maximum Gasteiger partial charge on any atom is 0.289 e. The lowest BCUT2D eigenvalue weighted by atomic mass is 10.2. The number of anilines is 1. The average Bonchev–Trinajstić information content (AvgIpc) is 2.62. The van der Waals surface area contributed by atoms with Crippen LogP contribution in [0.25, 0.3) is 0 Å². The van der Waals surface area contributed by atoms with Gasteiger partial charge >= 0.3 is 0 Å². The summed E-state index contributed by atoms with van der Waals surface area (Å²) in [5.41, 5.74) is 0.797. The fourth-order valence-electron chi connectivity index (χ4n) is 2.17. The Morgan fingerprint density at radius 3 is 2.50 bits per heavy atom. The minimum absolute atomic E-state index is 0.134. The molecule has 2 amide bonds. The minimum Gasteiger partial charge on any atom is -0.352 e. The SMILES string of the molecule is O=C(CCCNC(=O)c1ccccc1)Nc1cccc(Cl)c1SC(F)F. The molecule has 0 atom stereocenters. The summed E-state index contributed by atoms with van der Waals surface area (Å²) in [7, 11) is 0. The standard InChI is InChI=1S/C18H17ClF2N2O2S/c19-13-8-4-9-14(16(13)26-18(20)21)23-15(24)10-5-11-22-17(25)12-6-2-1-3-7-12/h1-4,6-9,18H,5,10-11H2,(H,22,25)(H,23,24). The number of carbonyl (C=O) groups excluding carboxylic acids is 2. The first-order chi connectivity index (χ1) is 12.5. The molecule has 0 spiro atoms. The van der Waals surface area contributed by atoms with Crippen molar-refractivity contribution in [2.45, 2.75) is 23.5 Å². The smallest absolute Gasteiger partial charge is 0.289 e. The van der Waals surface area contributed by atoms with E-state index in [9.17, 15) is 18.4 Å². The van der Waals surface area contributed by atoms with Crippen LogP contribution in [0.4, 0.5) is 14.5 Å². The van der Waals surface area contributed by atoms with Crippen molar-refractivity contribution < 1.29 is 18.4 Å². The van der Waals surface area contributed by atoms with Gasteiger partial charge in [0.15, 0.2) is 0 Å². The third-order valence-electron chi connectivity index (χ3n) is 3.35. The average molecular weight is 399 g/mol. The van der Waals surface area contributed by atoms with Crippen LogP contribution in [-0.4, -0.2) is 24.1 Å². The summed E-state index contributed by atoms with van der Waals surface area (Å²) < 4.78 is 25.3. The van der Waals surface area contributed by atoms with Gasteiger partial charge in [-0.25, -0.2) is 0 Å². The van der Waals surface area contributed by atoms with E-state index in [2.05, 4.69) is 10.6 Å². The topological polar surface area (TPSA) is 58.2 Å². The van der Waals surface area contributed by atoms with E-state index in [0.717, 1.165) is 0 Å². The molecular formula is C18H17ClF2N2O2S. The summed E-state index contributed by atoms with van der Waals surface area (Å²) in [6.45, 7) is 0.329. The van der Waals surface area contributed by atoms with E-state index in [4.69, 9.17) is 11.6 Å². The fraction of sp³-hybridized carbons (Fsp3) is 0.222. The fourth-order valence-corrected chi connectivity index (χ4v) is 3.08. The van der Waals surface area contributed by atoms with E-state index in [1.165, 1.54) is 12.1 Å². The number of alkyl halides is 2. The number of halogens is 3. The van der Waals surface area contributed by atoms with Gasteiger partial charge in [-0.3, -0.25) is 9.59 Å². The lowest BCUT2D eigenvalue weighted by Gasteiger charge is -2.12. The zero-order chi connectivity index (χ0) is 18.9. The molecule has 0 aromatic heterocycles. The van der Waals surface area contributed by atoms with Crippen LogP contribution in [0.2, 0.25) is 5.02 Å². The monoisotopic (exact) mass is 398 g/mol. The molecule has 0 unspecified atom stereocenters. The third-order valence-corrected chi connectivity index (χ3v) is 4.63. The first kappa shape index (κ1) is 20.2. The van der Waals surface area contributed by atoms with Crippen LogP contribution < -0.4 is 10.6 Å². The van der Waals surface area contributed by atoms with Gasteiger partial charge in [0.1, 0.15) is 0 Å². The molecule has 0 bridgehead atoms. The highest BCUT2D eigenvalue weighted by Gasteiger charge is 2.15. The Hall–Kier alpha value is -2.12. The molecule has 4 nitrogen and oxygen atoms in total. The van der Waals surface area contributed by atoms with E-state index in [0.29, 0.717) is 18.5 Å². The molecule has 0 saturated heterocycles. The molecule has 2 aromatic carbocycles. The molecule has 2 aromatic rings. The van der Waals surface area contributed by atoms with E-state index in [-0.39, 0.29) is 45.6 Å². The van der Waals surface area contributed by atoms with Gasteiger partial charge in [-0.15, -0.1) is 0 Å². The largest absolute Gasteiger partial charge is 0.352 e. The molecule has 0 heterocycles. The number of amides is 2. The highest BCUT2D eigenvalue weighted by atomic mass is 35.5. The molecular weight excluding hydrogens is 382 g/mol. The molecule has 0 aliphatic heterocycles. The summed E-state index contributed by atoms with van der Waals surface area (Å²) >= 11 is 6.21. The van der Waals surface area contributed by atoms with Crippen molar-refractivity contribution in [1.82, 2.24) is 5.32 Å². The van der Waals surface area contributed by atoms with Crippen LogP contribution in [-0.2, 0) is 4.79 Å². The summed E-state index contributed by atoms with van der Waals surface area (Å²) in [6.07, 6.45) is 0.558. The first-order valence-electron chi connectivity index (χ1n) is 7.84. The molecule has 2 rings (SSSR count). The van der Waals surface area contributed by atoms with Gasteiger partial charge in [0.25, 0.3) is 11.7 Å². The highest BCUT2D eigenvalue weighted by molar-refractivity contribution is 7.99. The van der Waals surface area contributed by atoms with Gasteiger partial charge in [-0.05, 0) is 30.7 Å². The molecule has 2 N–H and O–H groups in total. The van der Waals surface area contributed by atoms with Crippen molar-refractivity contribution in [1.29, 1.82) is 0 Å². The van der Waals surface area contributed by atoms with Crippen LogP contribution in [0, 0.1) is 0 Å². The minimum atomic E-state index is -2.64. The molecule has 138 valence electrons. The highest BCUT2D eigenvalue weighted by Crippen LogP contribution is 2.37. The number of carbonyl (C=O) groups is 2. The van der Waals surface area contributed by atoms with E-state index < -0.39 is 5.76 Å². The number of hydrogen-bond donors (Lipinski definition) is 2. The van der Waals surface area contributed by atoms with Crippen molar-refractivity contribution in [3.05, 3.63) is 59.1 Å². The molecule has 0 saturated carbocycles. The van der Waals surface area contributed by atoms with Gasteiger partial charge in [0, 0.05) is 18.5 Å². The number of rotatable bonds is 8. The Balaban J connectivity index is 1.81. The van der Waals surface area contributed by atoms with Crippen molar-refractivity contribution in [3.63, 3.8) is 0 Å². The second-order valence-corrected chi connectivity index (χ2v) is 6.68. The molecule has 0 aliphatic carbocycles. The quantitative estimate of drug-likeness (QED) is 0.496. The van der Waals surface area contributed by atoms with Crippen molar-refractivity contribution in [2.75, 3.05) is 11.9 Å². The molecule has 0 fully saturated rings. The van der Waals surface area contributed by atoms with Gasteiger partial charge in [-0.1, -0.05) is 47.6 Å². The first-order valence-corrected chi connectivity index (χ1v) is 9.09. The third kappa shape index (κ3) is 6.31. The molecule has 0 aliphatic rings. The van der Waals surface area contributed by atoms with Crippen molar-refractivity contribution in [2.24, 2.45) is 0 Å². The Morgan fingerprint density at radius 2 is 1.81 bits per heavy atom. The second kappa shape index (κ2) is 10.1. The lowest BCUT2D eigenvalue weighted by Crippen LogP contribution is -2.25. The summed E-state index contributed by atoms with van der Waals surface area (Å²) in [6, 6.07) is 13.3. The maximum atomic E-state index is 12.6. The van der Waals surface area contributed by atoms with Crippen LogP contribution >= 0.6 is 23.4 Å². The Labute approximate surface area is 159 Å². The van der Waals surface area contributed by atoms with E-state index in [1.807, 2.05) is 6.07 Å². The number of thioether (sulfide) groups is 1. The van der Waals surface area contributed by atoms with Gasteiger partial charge in [0.05, 0.1) is 15.6 Å². The molecule has 26 heavy (non-hydrogen) atoms. The normalized spacial score (nSPS) is 10.6. The summed E-state index contributed by atoms with van der Waals surface area (Å²) in [5, 5.41) is 5.46.